The van der Waals surface area contributed by atoms with Gasteiger partial charge in [0.15, 0.2) is 0 Å². The van der Waals surface area contributed by atoms with Crippen LogP contribution in [0, 0.1) is 0 Å². The van der Waals surface area contributed by atoms with Crippen molar-refractivity contribution in [1.82, 2.24) is 5.32 Å². The molecule has 1 N–H and O–H groups in total. The summed E-state index contributed by atoms with van der Waals surface area (Å²) in [6.07, 6.45) is 1.66. The number of nitrogens with zero attached hydrogens (tertiary/aromatic N) is 1. The summed E-state index contributed by atoms with van der Waals surface area (Å²) in [7, 11) is 1.62. The Balaban J connectivity index is 0.00000385. The third-order valence-corrected chi connectivity index (χ3v) is 5.12. The monoisotopic (exact) mass is 474 g/mol. The van der Waals surface area contributed by atoms with Gasteiger partial charge in [0.05, 0.1) is 19.7 Å². The molecule has 0 fully saturated rings. The molecule has 0 aliphatic heterocycles. The molecule has 3 aromatic carbocycles. The smallest absolute Gasteiger partial charge is 0.285 e. The fourth-order valence-corrected chi connectivity index (χ4v) is 3.27. The van der Waals surface area contributed by atoms with Crippen molar-refractivity contribution >= 4 is 24.0 Å². The minimum atomic E-state index is -3.13. The number of hydrogen-bond donors (Lipinski definition) is 1. The van der Waals surface area contributed by atoms with Gasteiger partial charge in [-0.2, -0.15) is 8.78 Å². The first kappa shape index (κ1) is 26.3. The second-order valence-electron chi connectivity index (χ2n) is 7.56. The van der Waals surface area contributed by atoms with E-state index in [0.29, 0.717) is 18.0 Å². The predicted molar refractivity (Wildman–Crippen MR) is 131 cm³/mol. The highest BCUT2D eigenvalue weighted by atomic mass is 35.5. The molecule has 0 aliphatic carbocycles. The first-order chi connectivity index (χ1) is 15.5. The van der Waals surface area contributed by atoms with Crippen molar-refractivity contribution in [3.63, 3.8) is 0 Å². The van der Waals surface area contributed by atoms with E-state index < -0.39 is 12.5 Å². The molecule has 4 nitrogen and oxygen atoms in total. The minimum absolute atomic E-state index is 0. The van der Waals surface area contributed by atoms with E-state index >= 15 is 0 Å². The van der Waals surface area contributed by atoms with E-state index in [1.807, 2.05) is 36.4 Å². The average Bonchev–Trinajstić information content (AvgIpc) is 2.82. The summed E-state index contributed by atoms with van der Waals surface area (Å²) >= 11 is 0. The van der Waals surface area contributed by atoms with E-state index in [4.69, 9.17) is 4.74 Å². The lowest BCUT2D eigenvalue weighted by atomic mass is 10.1. The molecule has 0 aromatic heterocycles. The van der Waals surface area contributed by atoms with Crippen molar-refractivity contribution < 1.29 is 18.3 Å². The number of aryl methyl sites for hydroxylation is 1. The van der Waals surface area contributed by atoms with Crippen molar-refractivity contribution in [3.8, 4) is 5.75 Å². The van der Waals surface area contributed by atoms with E-state index in [0.717, 1.165) is 12.8 Å². The van der Waals surface area contributed by atoms with Crippen LogP contribution in [0.15, 0.2) is 84.9 Å². The van der Waals surface area contributed by atoms with E-state index in [1.54, 1.807) is 31.3 Å². The molecule has 3 aromatic rings. The van der Waals surface area contributed by atoms with Crippen molar-refractivity contribution in [1.29, 1.82) is 0 Å². The molecule has 0 atom stereocenters. The van der Waals surface area contributed by atoms with Crippen LogP contribution < -0.4 is 15.0 Å². The third-order valence-electron chi connectivity index (χ3n) is 5.12. The number of alkyl halides is 2. The van der Waals surface area contributed by atoms with Gasteiger partial charge in [0.2, 0.25) is 5.91 Å². The van der Waals surface area contributed by atoms with Crippen LogP contribution in [0.25, 0.3) is 0 Å². The molecule has 176 valence electrons. The first-order valence-electron chi connectivity index (χ1n) is 10.6. The molecule has 0 bridgehead atoms. The van der Waals surface area contributed by atoms with Crippen LogP contribution in [-0.2, 0) is 17.1 Å². The maximum Gasteiger partial charge on any atom is 0.285 e. The number of hydrogen-bond acceptors (Lipinski definition) is 3. The summed E-state index contributed by atoms with van der Waals surface area (Å²) in [5.41, 5.74) is 1.78. The lowest BCUT2D eigenvalue weighted by Crippen LogP contribution is -2.39. The fraction of sp³-hybridized carbons (Fsp3) is 0.269. The highest BCUT2D eigenvalue weighted by Crippen LogP contribution is 2.29. The lowest BCUT2D eigenvalue weighted by Gasteiger charge is -2.20. The Kier molecular flexibility index (Phi) is 10.3. The Morgan fingerprint density at radius 1 is 0.970 bits per heavy atom. The van der Waals surface area contributed by atoms with Crippen LogP contribution >= 0.6 is 12.4 Å². The molecule has 3 rings (SSSR count). The number of amides is 1. The van der Waals surface area contributed by atoms with Crippen molar-refractivity contribution in [2.75, 3.05) is 31.6 Å². The standard InChI is InChI=1S/C26H28F2N2O2.ClH/c1-30(23-14-6-3-7-15-23)25(31)19-29-20-26(27,28)22-13-8-16-24(18-22)32-17-9-12-21-10-4-2-5-11-21;/h2-8,10-11,13-16,18,29H,9,12,17,19-20H2,1H3;1H. The molecule has 1 amide bonds. The van der Waals surface area contributed by atoms with Crippen LogP contribution in [-0.4, -0.2) is 32.7 Å². The molecule has 0 radical (unpaired) electrons. The number of anilines is 1. The molecular formula is C26H29ClF2N2O2. The van der Waals surface area contributed by atoms with Gasteiger partial charge in [0.1, 0.15) is 5.75 Å². The van der Waals surface area contributed by atoms with Crippen molar-refractivity contribution in [2.24, 2.45) is 0 Å². The van der Waals surface area contributed by atoms with E-state index in [-0.39, 0.29) is 30.4 Å². The second-order valence-corrected chi connectivity index (χ2v) is 7.56. The summed E-state index contributed by atoms with van der Waals surface area (Å²) in [6.45, 7) is -0.377. The van der Waals surface area contributed by atoms with Crippen LogP contribution in [0.4, 0.5) is 14.5 Å². The zero-order valence-corrected chi connectivity index (χ0v) is 19.4. The SMILES string of the molecule is CN(C(=O)CNCC(F)(F)c1cccc(OCCCc2ccccc2)c1)c1ccccc1.Cl. The van der Waals surface area contributed by atoms with E-state index in [9.17, 15) is 13.6 Å². The molecule has 33 heavy (non-hydrogen) atoms. The zero-order chi connectivity index (χ0) is 22.8. The fourth-order valence-electron chi connectivity index (χ4n) is 3.27. The van der Waals surface area contributed by atoms with Gasteiger partial charge in [-0.15, -0.1) is 12.4 Å². The second kappa shape index (κ2) is 12.9. The number of likely N-dealkylation sites (N-methyl/N-ethyl adjacent to an activating group) is 1. The number of halogens is 3. The number of rotatable bonds is 11. The topological polar surface area (TPSA) is 41.6 Å². The molecule has 0 saturated carbocycles. The number of para-hydroxylation sites is 1. The number of benzene rings is 3. The Hall–Kier alpha value is -2.96. The number of carbonyl (C=O) groups is 1. The summed E-state index contributed by atoms with van der Waals surface area (Å²) in [5.74, 6) is -3.01. The van der Waals surface area contributed by atoms with Crippen LogP contribution in [0.2, 0.25) is 0 Å². The molecule has 0 unspecified atom stereocenters. The summed E-state index contributed by atoms with van der Waals surface area (Å²) < 4.78 is 35.0. The number of ether oxygens (including phenoxy) is 1. The van der Waals surface area contributed by atoms with Gasteiger partial charge in [0, 0.05) is 18.3 Å². The molecule has 7 heteroatoms. The Labute approximate surface area is 200 Å². The van der Waals surface area contributed by atoms with Crippen LogP contribution in [0.1, 0.15) is 17.5 Å². The first-order valence-corrected chi connectivity index (χ1v) is 10.6. The van der Waals surface area contributed by atoms with Crippen LogP contribution in [0.5, 0.6) is 5.75 Å². The van der Waals surface area contributed by atoms with Crippen molar-refractivity contribution in [3.05, 3.63) is 96.1 Å². The van der Waals surface area contributed by atoms with E-state index in [2.05, 4.69) is 17.4 Å². The minimum Gasteiger partial charge on any atom is -0.494 e. The lowest BCUT2D eigenvalue weighted by molar-refractivity contribution is -0.117. The summed E-state index contributed by atoms with van der Waals surface area (Å²) in [6, 6.07) is 25.1. The van der Waals surface area contributed by atoms with Gasteiger partial charge in [-0.3, -0.25) is 4.79 Å². The average molecular weight is 475 g/mol. The van der Waals surface area contributed by atoms with Gasteiger partial charge in [-0.05, 0) is 42.7 Å². The Bertz CT molecular complexity index is 988. The highest BCUT2D eigenvalue weighted by Gasteiger charge is 2.31. The number of carbonyl (C=O) groups excluding carboxylic acids is 1. The van der Waals surface area contributed by atoms with E-state index in [1.165, 1.54) is 22.6 Å². The van der Waals surface area contributed by atoms with Gasteiger partial charge in [0.25, 0.3) is 5.92 Å². The van der Waals surface area contributed by atoms with Gasteiger partial charge in [-0.25, -0.2) is 0 Å². The highest BCUT2D eigenvalue weighted by molar-refractivity contribution is 5.94. The number of nitrogens with one attached hydrogen (secondary N) is 1. The van der Waals surface area contributed by atoms with Crippen LogP contribution in [0.3, 0.4) is 0 Å². The maximum atomic E-state index is 14.7. The summed E-state index contributed by atoms with van der Waals surface area (Å²) in [4.78, 5) is 13.7. The molecule has 0 spiro atoms. The quantitative estimate of drug-likeness (QED) is 0.375. The van der Waals surface area contributed by atoms with Gasteiger partial charge in [-0.1, -0.05) is 60.7 Å². The van der Waals surface area contributed by atoms with Gasteiger partial charge >= 0.3 is 0 Å². The largest absolute Gasteiger partial charge is 0.494 e. The Morgan fingerprint density at radius 2 is 1.64 bits per heavy atom. The Morgan fingerprint density at radius 3 is 2.33 bits per heavy atom. The van der Waals surface area contributed by atoms with Gasteiger partial charge < -0.3 is 15.0 Å². The normalized spacial score (nSPS) is 10.9. The molecule has 0 saturated heterocycles. The zero-order valence-electron chi connectivity index (χ0n) is 18.5. The van der Waals surface area contributed by atoms with Crippen molar-refractivity contribution in [2.45, 2.75) is 18.8 Å². The molecule has 0 aliphatic rings. The molecular weight excluding hydrogens is 446 g/mol. The summed E-state index contributed by atoms with van der Waals surface area (Å²) in [5, 5.41) is 2.58. The third kappa shape index (κ3) is 8.15. The predicted octanol–water partition coefficient (Wildman–Crippen LogP) is 5.46. The maximum absolute atomic E-state index is 14.7. The molecule has 0 heterocycles.